The van der Waals surface area contributed by atoms with Crippen molar-refractivity contribution in [2.75, 3.05) is 20.3 Å². The number of nitrogens with zero attached hydrogens (tertiary/aromatic N) is 2. The number of ether oxygens (including phenoxy) is 1. The van der Waals surface area contributed by atoms with Gasteiger partial charge in [-0.2, -0.15) is 5.26 Å². The minimum atomic E-state index is -0.644. The zero-order valence-electron chi connectivity index (χ0n) is 14.3. The number of carbonyl (C=O) groups is 1. The van der Waals surface area contributed by atoms with Crippen LogP contribution in [0.15, 0.2) is 48.5 Å². The van der Waals surface area contributed by atoms with Crippen LogP contribution in [0.2, 0.25) is 0 Å². The lowest BCUT2D eigenvalue weighted by Gasteiger charge is -2.51. The fraction of sp³-hybridized carbons (Fsp3) is 0.300. The number of benzene rings is 2. The summed E-state index contributed by atoms with van der Waals surface area (Å²) in [6, 6.07) is 14.8. The van der Waals surface area contributed by atoms with Crippen molar-refractivity contribution in [3.63, 3.8) is 0 Å². The van der Waals surface area contributed by atoms with E-state index in [-0.39, 0.29) is 30.9 Å². The lowest BCUT2D eigenvalue weighted by Crippen LogP contribution is -2.65. The van der Waals surface area contributed by atoms with Crippen LogP contribution in [-0.2, 0) is 9.53 Å². The first-order valence-corrected chi connectivity index (χ1v) is 8.27. The minimum Gasteiger partial charge on any atom is -0.394 e. The van der Waals surface area contributed by atoms with E-state index in [9.17, 15) is 19.6 Å². The highest BCUT2D eigenvalue weighted by Crippen LogP contribution is 2.40. The lowest BCUT2D eigenvalue weighted by atomic mass is 9.75. The Morgan fingerprint density at radius 2 is 2.00 bits per heavy atom. The third kappa shape index (κ3) is 3.19. The van der Waals surface area contributed by atoms with Gasteiger partial charge in [-0.05, 0) is 28.8 Å². The van der Waals surface area contributed by atoms with E-state index in [4.69, 9.17) is 4.74 Å². The second-order valence-electron chi connectivity index (χ2n) is 6.22. The molecule has 0 radical (unpaired) electrons. The molecule has 0 unspecified atom stereocenters. The van der Waals surface area contributed by atoms with Crippen LogP contribution in [0.5, 0.6) is 0 Å². The van der Waals surface area contributed by atoms with Crippen LogP contribution in [-0.4, -0.2) is 48.3 Å². The van der Waals surface area contributed by atoms with Crippen LogP contribution < -0.4 is 0 Å². The second-order valence-corrected chi connectivity index (χ2v) is 6.22. The van der Waals surface area contributed by atoms with Gasteiger partial charge in [-0.1, -0.05) is 36.4 Å². The van der Waals surface area contributed by atoms with Crippen LogP contribution in [0.3, 0.4) is 0 Å². The smallest absolute Gasteiger partial charge is 0.249 e. The molecule has 0 aliphatic carbocycles. The number of amides is 1. The summed E-state index contributed by atoms with van der Waals surface area (Å²) in [5, 5.41) is 19.2. The van der Waals surface area contributed by atoms with Gasteiger partial charge in [0.15, 0.2) is 0 Å². The Hall–Kier alpha value is -2.75. The maximum absolute atomic E-state index is 13.4. The molecule has 0 bridgehead atoms. The topological polar surface area (TPSA) is 73.6 Å². The van der Waals surface area contributed by atoms with Crippen molar-refractivity contribution in [2.45, 2.75) is 18.0 Å². The quantitative estimate of drug-likeness (QED) is 0.894. The zero-order chi connectivity index (χ0) is 18.7. The Bertz CT molecular complexity index is 832. The van der Waals surface area contributed by atoms with Gasteiger partial charge in [-0.25, -0.2) is 4.39 Å². The first-order chi connectivity index (χ1) is 12.6. The summed E-state index contributed by atoms with van der Waals surface area (Å²) in [7, 11) is 1.41. The van der Waals surface area contributed by atoms with E-state index in [2.05, 4.69) is 6.07 Å². The van der Waals surface area contributed by atoms with Crippen molar-refractivity contribution in [3.05, 3.63) is 59.9 Å². The SMILES string of the molecule is COCC(=O)N1[C@H](C#N)[C@H](c2ccc(-c3cccc(F)c3)cc2)[C@@H]1CO. The molecule has 1 N–H and O–H groups in total. The molecule has 1 aliphatic heterocycles. The zero-order valence-corrected chi connectivity index (χ0v) is 14.3. The lowest BCUT2D eigenvalue weighted by molar-refractivity contribution is -0.150. The van der Waals surface area contributed by atoms with E-state index < -0.39 is 12.1 Å². The molecule has 1 amide bonds. The molecule has 0 spiro atoms. The minimum absolute atomic E-state index is 0.125. The Morgan fingerprint density at radius 3 is 2.58 bits per heavy atom. The molecule has 2 aromatic carbocycles. The number of halogens is 1. The van der Waals surface area contributed by atoms with E-state index in [1.165, 1.54) is 24.1 Å². The summed E-state index contributed by atoms with van der Waals surface area (Å²) < 4.78 is 18.2. The van der Waals surface area contributed by atoms with Crippen molar-refractivity contribution in [1.29, 1.82) is 5.26 Å². The van der Waals surface area contributed by atoms with Crippen molar-refractivity contribution < 1.29 is 19.0 Å². The predicted molar refractivity (Wildman–Crippen MR) is 93.6 cm³/mol. The molecule has 1 heterocycles. The van der Waals surface area contributed by atoms with Gasteiger partial charge in [-0.3, -0.25) is 4.79 Å². The average Bonchev–Trinajstić information content (AvgIpc) is 2.62. The molecule has 0 saturated carbocycles. The van der Waals surface area contributed by atoms with Crippen LogP contribution in [0.4, 0.5) is 4.39 Å². The van der Waals surface area contributed by atoms with Crippen LogP contribution in [0.1, 0.15) is 11.5 Å². The van der Waals surface area contributed by atoms with Crippen LogP contribution in [0, 0.1) is 17.1 Å². The maximum Gasteiger partial charge on any atom is 0.249 e. The molecular weight excluding hydrogens is 335 g/mol. The van der Waals surface area contributed by atoms with Crippen LogP contribution >= 0.6 is 0 Å². The normalized spacial score (nSPS) is 21.8. The van der Waals surface area contributed by atoms with Crippen molar-refractivity contribution in [1.82, 2.24) is 4.90 Å². The number of aliphatic hydroxyl groups is 1. The summed E-state index contributed by atoms with van der Waals surface area (Å²) >= 11 is 0. The Labute approximate surface area is 151 Å². The summed E-state index contributed by atoms with van der Waals surface area (Å²) in [4.78, 5) is 13.5. The molecule has 1 fully saturated rings. The number of hydrogen-bond acceptors (Lipinski definition) is 4. The molecule has 0 aromatic heterocycles. The molecule has 2 aromatic rings. The van der Waals surface area contributed by atoms with E-state index in [0.29, 0.717) is 0 Å². The van der Waals surface area contributed by atoms with Crippen LogP contribution in [0.25, 0.3) is 11.1 Å². The highest BCUT2D eigenvalue weighted by molar-refractivity contribution is 5.80. The third-order valence-electron chi connectivity index (χ3n) is 4.74. The number of carbonyl (C=O) groups excluding carboxylic acids is 1. The monoisotopic (exact) mass is 354 g/mol. The van der Waals surface area contributed by atoms with Gasteiger partial charge in [0, 0.05) is 13.0 Å². The molecular formula is C20H19FN2O3. The standard InChI is InChI=1S/C20H19FN2O3/c1-26-12-19(25)23-17(10-22)20(18(23)11-24)14-7-5-13(6-8-14)15-3-2-4-16(21)9-15/h2-9,17-18,20,24H,11-12H2,1H3/t17-,18+,20+/m1/s1. The van der Waals surface area contributed by atoms with E-state index in [0.717, 1.165) is 16.7 Å². The number of rotatable bonds is 5. The molecule has 6 heteroatoms. The number of likely N-dealkylation sites (tertiary alicyclic amines) is 1. The first-order valence-electron chi connectivity index (χ1n) is 8.27. The van der Waals surface area contributed by atoms with E-state index in [1.54, 1.807) is 6.07 Å². The first kappa shape index (κ1) is 18.1. The number of methoxy groups -OCH3 is 1. The second kappa shape index (κ2) is 7.65. The summed E-state index contributed by atoms with van der Waals surface area (Å²) in [5.74, 6) is -0.888. The molecule has 3 atom stereocenters. The molecule has 134 valence electrons. The molecule has 1 aliphatic rings. The number of hydrogen-bond donors (Lipinski definition) is 1. The van der Waals surface area contributed by atoms with Gasteiger partial charge in [0.25, 0.3) is 0 Å². The van der Waals surface area contributed by atoms with Crippen molar-refractivity contribution in [3.8, 4) is 17.2 Å². The fourth-order valence-electron chi connectivity index (χ4n) is 3.51. The number of nitriles is 1. The number of aliphatic hydroxyl groups excluding tert-OH is 1. The van der Waals surface area contributed by atoms with Gasteiger partial charge >= 0.3 is 0 Å². The average molecular weight is 354 g/mol. The van der Waals surface area contributed by atoms with Crippen molar-refractivity contribution >= 4 is 5.91 Å². The molecule has 5 nitrogen and oxygen atoms in total. The van der Waals surface area contributed by atoms with E-state index >= 15 is 0 Å². The fourth-order valence-corrected chi connectivity index (χ4v) is 3.51. The molecule has 26 heavy (non-hydrogen) atoms. The molecule has 3 rings (SSSR count). The summed E-state index contributed by atoms with van der Waals surface area (Å²) in [5.41, 5.74) is 2.48. The maximum atomic E-state index is 13.4. The van der Waals surface area contributed by atoms with Gasteiger partial charge in [0.2, 0.25) is 5.91 Å². The third-order valence-corrected chi connectivity index (χ3v) is 4.74. The highest BCUT2D eigenvalue weighted by atomic mass is 19.1. The van der Waals surface area contributed by atoms with E-state index in [1.807, 2.05) is 30.3 Å². The van der Waals surface area contributed by atoms with Gasteiger partial charge < -0.3 is 14.7 Å². The summed E-state index contributed by atoms with van der Waals surface area (Å²) in [6.45, 7) is -0.357. The Morgan fingerprint density at radius 1 is 1.27 bits per heavy atom. The Balaban J connectivity index is 1.84. The van der Waals surface area contributed by atoms with Crippen molar-refractivity contribution in [2.24, 2.45) is 0 Å². The van der Waals surface area contributed by atoms with Gasteiger partial charge in [-0.15, -0.1) is 0 Å². The summed E-state index contributed by atoms with van der Waals surface area (Å²) in [6.07, 6.45) is 0. The Kier molecular flexibility index (Phi) is 5.31. The predicted octanol–water partition coefficient (Wildman–Crippen LogP) is 2.32. The molecule has 1 saturated heterocycles. The highest BCUT2D eigenvalue weighted by Gasteiger charge is 2.51. The van der Waals surface area contributed by atoms with Gasteiger partial charge in [0.05, 0.1) is 18.7 Å². The van der Waals surface area contributed by atoms with Gasteiger partial charge in [0.1, 0.15) is 18.5 Å². The largest absolute Gasteiger partial charge is 0.394 e.